The Morgan fingerprint density at radius 1 is 1.20 bits per heavy atom. The molecule has 0 atom stereocenters. The first-order valence-electron chi connectivity index (χ1n) is 6.50. The van der Waals surface area contributed by atoms with Crippen molar-refractivity contribution in [3.8, 4) is 0 Å². The van der Waals surface area contributed by atoms with Crippen molar-refractivity contribution in [2.75, 3.05) is 11.9 Å². The van der Waals surface area contributed by atoms with Crippen LogP contribution < -0.4 is 5.32 Å². The van der Waals surface area contributed by atoms with E-state index >= 15 is 0 Å². The molecule has 0 radical (unpaired) electrons. The summed E-state index contributed by atoms with van der Waals surface area (Å²) in [7, 11) is 0. The zero-order valence-corrected chi connectivity index (χ0v) is 11.7. The molecular weight excluding hydrogens is 256 g/mol. The van der Waals surface area contributed by atoms with Crippen LogP contribution in [-0.4, -0.2) is 31.5 Å². The normalized spacial score (nSPS) is 11.2. The Balaban J connectivity index is 1.69. The summed E-state index contributed by atoms with van der Waals surface area (Å²) in [5, 5.41) is 19.7. The second-order valence-electron chi connectivity index (χ2n) is 4.72. The highest BCUT2D eigenvalue weighted by molar-refractivity contribution is 5.43. The van der Waals surface area contributed by atoms with E-state index in [9.17, 15) is 0 Å². The monoisotopic (exact) mass is 272 g/mol. The van der Waals surface area contributed by atoms with Gasteiger partial charge in [-0.15, -0.1) is 15.3 Å². The molecular formula is C13H16N6O. The molecule has 3 aromatic heterocycles. The van der Waals surface area contributed by atoms with Gasteiger partial charge in [0.05, 0.1) is 5.69 Å². The number of nitrogens with one attached hydrogen (secondary N) is 1. The van der Waals surface area contributed by atoms with E-state index in [-0.39, 0.29) is 0 Å². The first-order chi connectivity index (χ1) is 9.65. The quantitative estimate of drug-likeness (QED) is 0.778. The molecule has 104 valence electrons. The Morgan fingerprint density at radius 3 is 2.80 bits per heavy atom. The molecule has 0 aromatic carbocycles. The van der Waals surface area contributed by atoms with E-state index in [1.54, 1.807) is 4.52 Å². The topological polar surface area (TPSA) is 81.1 Å². The van der Waals surface area contributed by atoms with Gasteiger partial charge in [-0.05, 0) is 39.3 Å². The Labute approximate surface area is 116 Å². The predicted molar refractivity (Wildman–Crippen MR) is 73.7 cm³/mol. The van der Waals surface area contributed by atoms with Gasteiger partial charge in [-0.3, -0.25) is 0 Å². The standard InChI is InChI=1S/C13H16N6O/c1-8-11(9(2)20-18-8)6-7-14-12-4-5-13-16-15-10(3)19(13)17-12/h4-5H,6-7H2,1-3H3,(H,14,17). The minimum absolute atomic E-state index is 0.749. The van der Waals surface area contributed by atoms with E-state index in [2.05, 4.69) is 25.8 Å². The molecule has 0 bridgehead atoms. The van der Waals surface area contributed by atoms with Gasteiger partial charge in [0, 0.05) is 12.1 Å². The van der Waals surface area contributed by atoms with Crippen LogP contribution in [0.5, 0.6) is 0 Å². The minimum Gasteiger partial charge on any atom is -0.368 e. The van der Waals surface area contributed by atoms with E-state index in [1.807, 2.05) is 32.9 Å². The second kappa shape index (κ2) is 4.92. The number of anilines is 1. The van der Waals surface area contributed by atoms with Gasteiger partial charge in [-0.1, -0.05) is 5.16 Å². The van der Waals surface area contributed by atoms with Crippen molar-refractivity contribution in [2.24, 2.45) is 0 Å². The average Bonchev–Trinajstić information content (AvgIpc) is 2.96. The lowest BCUT2D eigenvalue weighted by Gasteiger charge is -2.05. The van der Waals surface area contributed by atoms with Gasteiger partial charge in [-0.25, -0.2) is 0 Å². The zero-order chi connectivity index (χ0) is 14.1. The third kappa shape index (κ3) is 2.22. The van der Waals surface area contributed by atoms with Gasteiger partial charge in [0.15, 0.2) is 11.5 Å². The van der Waals surface area contributed by atoms with Gasteiger partial charge < -0.3 is 9.84 Å². The number of rotatable bonds is 4. The maximum absolute atomic E-state index is 5.15. The summed E-state index contributed by atoms with van der Waals surface area (Å²) >= 11 is 0. The van der Waals surface area contributed by atoms with Gasteiger partial charge in [0.2, 0.25) is 0 Å². The first kappa shape index (κ1) is 12.6. The molecule has 7 heteroatoms. The SMILES string of the molecule is Cc1noc(C)c1CCNc1ccc2nnc(C)n2n1. The minimum atomic E-state index is 0.749. The van der Waals surface area contributed by atoms with Crippen LogP contribution in [0.25, 0.3) is 5.65 Å². The highest BCUT2D eigenvalue weighted by atomic mass is 16.5. The molecule has 3 aromatic rings. The maximum atomic E-state index is 5.15. The molecule has 0 spiro atoms. The Bertz CT molecular complexity index is 725. The van der Waals surface area contributed by atoms with Crippen LogP contribution in [0.2, 0.25) is 0 Å². The Kier molecular flexibility index (Phi) is 3.09. The van der Waals surface area contributed by atoms with Crippen LogP contribution in [-0.2, 0) is 6.42 Å². The fourth-order valence-corrected chi connectivity index (χ4v) is 2.16. The van der Waals surface area contributed by atoms with Crippen LogP contribution in [0.4, 0.5) is 5.82 Å². The smallest absolute Gasteiger partial charge is 0.178 e. The summed E-state index contributed by atoms with van der Waals surface area (Å²) < 4.78 is 6.87. The first-order valence-corrected chi connectivity index (χ1v) is 6.50. The Morgan fingerprint density at radius 2 is 2.05 bits per heavy atom. The van der Waals surface area contributed by atoms with E-state index in [4.69, 9.17) is 4.52 Å². The number of nitrogens with zero attached hydrogens (tertiary/aromatic N) is 5. The molecule has 0 aliphatic carbocycles. The molecule has 3 rings (SSSR count). The number of aryl methyl sites for hydroxylation is 3. The van der Waals surface area contributed by atoms with E-state index in [1.165, 1.54) is 0 Å². The molecule has 3 heterocycles. The molecule has 0 saturated heterocycles. The summed E-state index contributed by atoms with van der Waals surface area (Å²) in [5.41, 5.74) is 2.85. The second-order valence-corrected chi connectivity index (χ2v) is 4.72. The number of hydrogen-bond acceptors (Lipinski definition) is 6. The summed E-state index contributed by atoms with van der Waals surface area (Å²) in [4.78, 5) is 0. The van der Waals surface area contributed by atoms with Crippen LogP contribution in [0.3, 0.4) is 0 Å². The van der Waals surface area contributed by atoms with Crippen molar-refractivity contribution >= 4 is 11.5 Å². The maximum Gasteiger partial charge on any atom is 0.178 e. The average molecular weight is 272 g/mol. The third-order valence-corrected chi connectivity index (χ3v) is 3.28. The van der Waals surface area contributed by atoms with Crippen LogP contribution in [0.15, 0.2) is 16.7 Å². The van der Waals surface area contributed by atoms with Crippen LogP contribution >= 0.6 is 0 Å². The third-order valence-electron chi connectivity index (χ3n) is 3.28. The fraction of sp³-hybridized carbons (Fsp3) is 0.385. The fourth-order valence-electron chi connectivity index (χ4n) is 2.16. The molecule has 0 aliphatic heterocycles. The van der Waals surface area contributed by atoms with Gasteiger partial charge >= 0.3 is 0 Å². The van der Waals surface area contributed by atoms with E-state index in [0.29, 0.717) is 0 Å². The van der Waals surface area contributed by atoms with Gasteiger partial charge in [-0.2, -0.15) is 4.52 Å². The molecule has 0 aliphatic rings. The number of fused-ring (bicyclic) bond motifs is 1. The van der Waals surface area contributed by atoms with Crippen molar-refractivity contribution in [3.63, 3.8) is 0 Å². The summed E-state index contributed by atoms with van der Waals surface area (Å²) in [6.45, 7) is 6.53. The van der Waals surface area contributed by atoms with Crippen molar-refractivity contribution in [2.45, 2.75) is 27.2 Å². The Hall–Kier alpha value is -2.44. The number of aromatic nitrogens is 5. The molecule has 0 saturated carbocycles. The van der Waals surface area contributed by atoms with E-state index < -0.39 is 0 Å². The van der Waals surface area contributed by atoms with E-state index in [0.717, 1.165) is 47.3 Å². The molecule has 0 unspecified atom stereocenters. The lowest BCUT2D eigenvalue weighted by Crippen LogP contribution is -2.09. The molecule has 1 N–H and O–H groups in total. The van der Waals surface area contributed by atoms with Crippen LogP contribution in [0.1, 0.15) is 22.8 Å². The van der Waals surface area contributed by atoms with Crippen molar-refractivity contribution < 1.29 is 4.52 Å². The summed E-state index contributed by atoms with van der Waals surface area (Å²) in [5.74, 6) is 2.45. The molecule has 0 fully saturated rings. The summed E-state index contributed by atoms with van der Waals surface area (Å²) in [6, 6.07) is 3.79. The van der Waals surface area contributed by atoms with Gasteiger partial charge in [0.1, 0.15) is 11.6 Å². The molecule has 20 heavy (non-hydrogen) atoms. The number of hydrogen-bond donors (Lipinski definition) is 1. The largest absolute Gasteiger partial charge is 0.368 e. The van der Waals surface area contributed by atoms with Crippen molar-refractivity contribution in [3.05, 3.63) is 35.0 Å². The lowest BCUT2D eigenvalue weighted by atomic mass is 10.1. The highest BCUT2D eigenvalue weighted by Crippen LogP contribution is 2.13. The van der Waals surface area contributed by atoms with Gasteiger partial charge in [0.25, 0.3) is 0 Å². The zero-order valence-electron chi connectivity index (χ0n) is 11.7. The summed E-state index contributed by atoms with van der Waals surface area (Å²) in [6.07, 6.45) is 0.849. The molecule has 0 amide bonds. The lowest BCUT2D eigenvalue weighted by molar-refractivity contribution is 0.392. The van der Waals surface area contributed by atoms with Crippen molar-refractivity contribution in [1.29, 1.82) is 0 Å². The van der Waals surface area contributed by atoms with Crippen LogP contribution in [0, 0.1) is 20.8 Å². The highest BCUT2D eigenvalue weighted by Gasteiger charge is 2.08. The molecule has 7 nitrogen and oxygen atoms in total. The predicted octanol–water partition coefficient (Wildman–Crippen LogP) is 1.69. The van der Waals surface area contributed by atoms with Crippen molar-refractivity contribution in [1.82, 2.24) is 25.0 Å².